The average molecular weight is 542 g/mol. The summed E-state index contributed by atoms with van der Waals surface area (Å²) in [5, 5.41) is 2.83. The highest BCUT2D eigenvalue weighted by atomic mass is 32.2. The third-order valence-corrected chi connectivity index (χ3v) is 9.74. The maximum absolute atomic E-state index is 12.9. The number of aryl methyl sites for hydroxylation is 2. The number of rotatable bonds is 8. The summed E-state index contributed by atoms with van der Waals surface area (Å²) in [6.07, 6.45) is 0.845. The summed E-state index contributed by atoms with van der Waals surface area (Å²) in [4.78, 5) is 12.9. The smallest absolute Gasteiger partial charge is 0.261 e. The molecule has 1 fully saturated rings. The number of hydrogen-bond donors (Lipinski definition) is 2. The molecule has 0 aliphatic carbocycles. The van der Waals surface area contributed by atoms with Gasteiger partial charge in [-0.25, -0.2) is 21.1 Å². The lowest BCUT2D eigenvalue weighted by Crippen LogP contribution is -2.41. The summed E-state index contributed by atoms with van der Waals surface area (Å²) in [7, 11) is -7.24. The van der Waals surface area contributed by atoms with Gasteiger partial charge in [0.1, 0.15) is 0 Å². The zero-order chi connectivity index (χ0) is 26.6. The Morgan fingerprint density at radius 1 is 0.865 bits per heavy atom. The fourth-order valence-electron chi connectivity index (χ4n) is 4.34. The van der Waals surface area contributed by atoms with Gasteiger partial charge < -0.3 is 5.32 Å². The van der Waals surface area contributed by atoms with Crippen molar-refractivity contribution < 1.29 is 21.6 Å². The lowest BCUT2D eigenvalue weighted by atomic mass is 9.97. The van der Waals surface area contributed by atoms with Gasteiger partial charge in [0.15, 0.2) is 0 Å². The van der Waals surface area contributed by atoms with Crippen molar-refractivity contribution in [3.8, 4) is 0 Å². The van der Waals surface area contributed by atoms with Gasteiger partial charge in [0.25, 0.3) is 10.0 Å². The molecule has 0 bridgehead atoms. The number of hydrogen-bond acceptors (Lipinski definition) is 5. The zero-order valence-electron chi connectivity index (χ0n) is 20.8. The molecule has 37 heavy (non-hydrogen) atoms. The minimum Gasteiger partial charge on any atom is -0.326 e. The molecule has 4 rings (SSSR count). The summed E-state index contributed by atoms with van der Waals surface area (Å²) in [5.41, 5.74) is 3.61. The van der Waals surface area contributed by atoms with E-state index in [-0.39, 0.29) is 35.6 Å². The minimum absolute atomic E-state index is 0.0511. The van der Waals surface area contributed by atoms with Gasteiger partial charge in [0.05, 0.1) is 10.6 Å². The van der Waals surface area contributed by atoms with E-state index in [1.54, 1.807) is 30.3 Å². The van der Waals surface area contributed by atoms with Crippen LogP contribution in [0.3, 0.4) is 0 Å². The molecule has 1 saturated heterocycles. The number of carbonyl (C=O) groups is 1. The first-order valence-electron chi connectivity index (χ1n) is 12.1. The van der Waals surface area contributed by atoms with Crippen LogP contribution in [-0.2, 0) is 30.6 Å². The second kappa shape index (κ2) is 11.0. The van der Waals surface area contributed by atoms with Crippen LogP contribution in [0.25, 0.3) is 0 Å². The molecule has 1 heterocycles. The van der Waals surface area contributed by atoms with Crippen LogP contribution in [-0.4, -0.2) is 40.1 Å². The molecular weight excluding hydrogens is 510 g/mol. The topological polar surface area (TPSA) is 113 Å². The molecular formula is C27H31N3O5S2. The van der Waals surface area contributed by atoms with E-state index in [9.17, 15) is 21.6 Å². The molecule has 196 valence electrons. The van der Waals surface area contributed by atoms with Crippen LogP contribution < -0.4 is 10.0 Å². The predicted octanol–water partition coefficient (Wildman–Crippen LogP) is 4.28. The number of amides is 1. The van der Waals surface area contributed by atoms with Crippen LogP contribution in [0.5, 0.6) is 0 Å². The van der Waals surface area contributed by atoms with E-state index in [0.717, 1.165) is 16.7 Å². The van der Waals surface area contributed by atoms with Gasteiger partial charge in [-0.1, -0.05) is 36.4 Å². The van der Waals surface area contributed by atoms with Gasteiger partial charge in [0, 0.05) is 30.4 Å². The zero-order valence-corrected chi connectivity index (χ0v) is 22.5. The molecule has 8 nitrogen and oxygen atoms in total. The Labute approximate surface area is 218 Å². The summed E-state index contributed by atoms with van der Waals surface area (Å²) < 4.78 is 55.2. The van der Waals surface area contributed by atoms with Gasteiger partial charge in [-0.05, 0) is 79.8 Å². The van der Waals surface area contributed by atoms with Crippen molar-refractivity contribution in [2.45, 2.75) is 37.3 Å². The van der Waals surface area contributed by atoms with Crippen molar-refractivity contribution in [3.63, 3.8) is 0 Å². The molecule has 1 aliphatic heterocycles. The Hall–Kier alpha value is -3.21. The van der Waals surface area contributed by atoms with E-state index in [4.69, 9.17) is 0 Å². The summed E-state index contributed by atoms with van der Waals surface area (Å²) in [6, 6.07) is 20.5. The van der Waals surface area contributed by atoms with Crippen LogP contribution >= 0.6 is 0 Å². The highest BCUT2D eigenvalue weighted by Crippen LogP contribution is 2.25. The van der Waals surface area contributed by atoms with E-state index in [1.165, 1.54) is 16.4 Å². The van der Waals surface area contributed by atoms with Crippen LogP contribution in [0.4, 0.5) is 11.4 Å². The number of sulfonamides is 2. The van der Waals surface area contributed by atoms with Crippen molar-refractivity contribution in [1.29, 1.82) is 0 Å². The van der Waals surface area contributed by atoms with E-state index in [1.807, 2.05) is 44.2 Å². The second-order valence-electron chi connectivity index (χ2n) is 9.34. The number of benzene rings is 3. The van der Waals surface area contributed by atoms with Gasteiger partial charge in [0.2, 0.25) is 15.9 Å². The summed E-state index contributed by atoms with van der Waals surface area (Å²) in [6.45, 7) is 4.34. The lowest BCUT2D eigenvalue weighted by molar-refractivity contribution is -0.120. The first-order valence-corrected chi connectivity index (χ1v) is 15.2. The van der Waals surface area contributed by atoms with Crippen LogP contribution in [0.2, 0.25) is 0 Å². The third kappa shape index (κ3) is 6.76. The van der Waals surface area contributed by atoms with Gasteiger partial charge in [-0.15, -0.1) is 0 Å². The Balaban J connectivity index is 1.32. The number of carbonyl (C=O) groups excluding carboxylic acids is 1. The Kier molecular flexibility index (Phi) is 8.01. The quantitative estimate of drug-likeness (QED) is 0.442. The molecule has 3 aromatic carbocycles. The van der Waals surface area contributed by atoms with Crippen LogP contribution in [0.15, 0.2) is 77.7 Å². The fraction of sp³-hybridized carbons (Fsp3) is 0.296. The SMILES string of the molecule is Cc1cccc(NS(=O)(=O)c2ccc(NC(=O)C3CCN(S(=O)(=O)Cc4ccccc4C)CC3)cc2)c1. The standard InChI is InChI=1S/C27H31N3O5S2/c1-20-6-5-9-25(18-20)29-37(34,35)26-12-10-24(11-13-26)28-27(31)22-14-16-30(17-15-22)36(32,33)19-23-8-4-3-7-21(23)2/h3-13,18,22,29H,14-17,19H2,1-2H3,(H,28,31). The molecule has 1 aliphatic rings. The van der Waals surface area contributed by atoms with Gasteiger partial charge in [-0.3, -0.25) is 9.52 Å². The van der Waals surface area contributed by atoms with Crippen molar-refractivity contribution in [2.24, 2.45) is 5.92 Å². The minimum atomic E-state index is -3.77. The van der Waals surface area contributed by atoms with E-state index >= 15 is 0 Å². The summed E-state index contributed by atoms with van der Waals surface area (Å²) >= 11 is 0. The Bertz CT molecular complexity index is 1480. The van der Waals surface area contributed by atoms with Crippen LogP contribution in [0.1, 0.15) is 29.5 Å². The maximum Gasteiger partial charge on any atom is 0.261 e. The Morgan fingerprint density at radius 3 is 2.19 bits per heavy atom. The monoisotopic (exact) mass is 541 g/mol. The van der Waals surface area contributed by atoms with E-state index < -0.39 is 20.0 Å². The number of piperidine rings is 1. The normalized spacial score (nSPS) is 15.3. The molecule has 3 aromatic rings. The first kappa shape index (κ1) is 26.8. The molecule has 0 unspecified atom stereocenters. The third-order valence-electron chi connectivity index (χ3n) is 6.52. The number of anilines is 2. The molecule has 10 heteroatoms. The predicted molar refractivity (Wildman–Crippen MR) is 145 cm³/mol. The average Bonchev–Trinajstić information content (AvgIpc) is 2.85. The first-order chi connectivity index (χ1) is 17.5. The second-order valence-corrected chi connectivity index (χ2v) is 13.0. The molecule has 0 saturated carbocycles. The van der Waals surface area contributed by atoms with Crippen molar-refractivity contribution >= 4 is 37.3 Å². The van der Waals surface area contributed by atoms with Crippen molar-refractivity contribution in [3.05, 3.63) is 89.5 Å². The molecule has 0 aromatic heterocycles. The van der Waals surface area contributed by atoms with Crippen molar-refractivity contribution in [2.75, 3.05) is 23.1 Å². The molecule has 0 atom stereocenters. The van der Waals surface area contributed by atoms with Crippen molar-refractivity contribution in [1.82, 2.24) is 4.31 Å². The van der Waals surface area contributed by atoms with Gasteiger partial charge >= 0.3 is 0 Å². The molecule has 1 amide bonds. The molecule has 2 N–H and O–H groups in total. The summed E-state index contributed by atoms with van der Waals surface area (Å²) in [5.74, 6) is -0.578. The maximum atomic E-state index is 12.9. The largest absolute Gasteiger partial charge is 0.326 e. The number of nitrogens with zero attached hydrogens (tertiary/aromatic N) is 1. The highest BCUT2D eigenvalue weighted by molar-refractivity contribution is 7.92. The molecule has 0 spiro atoms. The van der Waals surface area contributed by atoms with E-state index in [0.29, 0.717) is 24.2 Å². The Morgan fingerprint density at radius 2 is 1.54 bits per heavy atom. The van der Waals surface area contributed by atoms with Gasteiger partial charge in [-0.2, -0.15) is 0 Å². The lowest BCUT2D eigenvalue weighted by Gasteiger charge is -2.30. The highest BCUT2D eigenvalue weighted by Gasteiger charge is 2.31. The number of nitrogens with one attached hydrogen (secondary N) is 2. The fourth-order valence-corrected chi connectivity index (χ4v) is 7.06. The van der Waals surface area contributed by atoms with Crippen LogP contribution in [0, 0.1) is 19.8 Å². The van der Waals surface area contributed by atoms with E-state index in [2.05, 4.69) is 10.0 Å². The molecule has 0 radical (unpaired) electrons.